The molecule has 0 saturated carbocycles. The van der Waals surface area contributed by atoms with E-state index in [9.17, 15) is 9.59 Å². The van der Waals surface area contributed by atoms with Crippen molar-refractivity contribution in [3.8, 4) is 11.5 Å². The van der Waals surface area contributed by atoms with Crippen LogP contribution in [0.3, 0.4) is 0 Å². The molecule has 6 nitrogen and oxygen atoms in total. The van der Waals surface area contributed by atoms with Gasteiger partial charge in [0, 0.05) is 31.0 Å². The van der Waals surface area contributed by atoms with Gasteiger partial charge in [0.1, 0.15) is 11.5 Å². The van der Waals surface area contributed by atoms with Crippen molar-refractivity contribution in [1.29, 1.82) is 0 Å². The van der Waals surface area contributed by atoms with Gasteiger partial charge in [-0.1, -0.05) is 48.5 Å². The number of carbonyl (C=O) groups excluding carboxylic acids is 2. The van der Waals surface area contributed by atoms with E-state index in [0.717, 1.165) is 29.9 Å². The molecule has 4 rings (SSSR count). The molecule has 0 aliphatic carbocycles. The Balaban J connectivity index is 1.36. The molecular formula is C28H32N2O4. The average molecular weight is 461 g/mol. The Morgan fingerprint density at radius 1 is 1.03 bits per heavy atom. The molecule has 3 aromatic carbocycles. The van der Waals surface area contributed by atoms with Gasteiger partial charge in [-0.25, -0.2) is 0 Å². The van der Waals surface area contributed by atoms with E-state index in [2.05, 4.69) is 41.0 Å². The Morgan fingerprint density at radius 3 is 2.62 bits per heavy atom. The molecule has 1 unspecified atom stereocenters. The summed E-state index contributed by atoms with van der Waals surface area (Å²) in [6.07, 6.45) is 3.60. The first-order chi connectivity index (χ1) is 16.5. The molecular weight excluding hydrogens is 428 g/mol. The van der Waals surface area contributed by atoms with E-state index in [1.807, 2.05) is 30.3 Å². The number of ether oxygens (including phenoxy) is 2. The highest BCUT2D eigenvalue weighted by atomic mass is 16.5. The molecule has 0 bridgehead atoms. The summed E-state index contributed by atoms with van der Waals surface area (Å²) in [4.78, 5) is 24.8. The lowest BCUT2D eigenvalue weighted by atomic mass is 9.83. The van der Waals surface area contributed by atoms with E-state index in [4.69, 9.17) is 9.47 Å². The molecule has 0 aromatic heterocycles. The number of carbonyl (C=O) groups is 2. The summed E-state index contributed by atoms with van der Waals surface area (Å²) in [5, 5.41) is 8.60. The van der Waals surface area contributed by atoms with Crippen LogP contribution in [0.2, 0.25) is 0 Å². The van der Waals surface area contributed by atoms with Gasteiger partial charge in [-0.05, 0) is 53.6 Å². The van der Waals surface area contributed by atoms with Gasteiger partial charge in [-0.3, -0.25) is 9.59 Å². The van der Waals surface area contributed by atoms with Crippen LogP contribution in [0.1, 0.15) is 36.8 Å². The average Bonchev–Trinajstić information content (AvgIpc) is 3.23. The predicted octanol–water partition coefficient (Wildman–Crippen LogP) is 4.19. The van der Waals surface area contributed by atoms with Crippen molar-refractivity contribution in [3.63, 3.8) is 0 Å². The van der Waals surface area contributed by atoms with E-state index in [-0.39, 0.29) is 11.8 Å². The van der Waals surface area contributed by atoms with E-state index in [1.54, 1.807) is 14.2 Å². The second kappa shape index (κ2) is 10.6. The second-order valence-corrected chi connectivity index (χ2v) is 8.92. The SMILES string of the molecule is COc1ccc(CCNC(=O)CCC2(Cc3cccc4ccccc34)CCC(=O)N2)c(OC)c1. The summed E-state index contributed by atoms with van der Waals surface area (Å²) >= 11 is 0. The molecule has 2 N–H and O–H groups in total. The molecule has 178 valence electrons. The number of fused-ring (bicyclic) bond motifs is 1. The molecule has 1 aliphatic rings. The first-order valence-electron chi connectivity index (χ1n) is 11.8. The Bertz CT molecular complexity index is 1170. The highest BCUT2D eigenvalue weighted by Crippen LogP contribution is 2.32. The zero-order valence-electron chi connectivity index (χ0n) is 19.9. The number of nitrogens with one attached hydrogen (secondary N) is 2. The van der Waals surface area contributed by atoms with Crippen molar-refractivity contribution in [2.75, 3.05) is 20.8 Å². The maximum atomic E-state index is 12.7. The maximum absolute atomic E-state index is 12.7. The molecule has 3 aromatic rings. The minimum absolute atomic E-state index is 0.00841. The summed E-state index contributed by atoms with van der Waals surface area (Å²) in [6, 6.07) is 20.3. The highest BCUT2D eigenvalue weighted by Gasteiger charge is 2.38. The maximum Gasteiger partial charge on any atom is 0.220 e. The molecule has 0 spiro atoms. The number of rotatable bonds is 10. The fraction of sp³-hybridized carbons (Fsp3) is 0.357. The lowest BCUT2D eigenvalue weighted by Gasteiger charge is -2.30. The van der Waals surface area contributed by atoms with Crippen molar-refractivity contribution in [3.05, 3.63) is 71.8 Å². The van der Waals surface area contributed by atoms with Gasteiger partial charge in [0.05, 0.1) is 14.2 Å². The lowest BCUT2D eigenvalue weighted by molar-refractivity contribution is -0.122. The van der Waals surface area contributed by atoms with Crippen LogP contribution in [0, 0.1) is 0 Å². The number of methoxy groups -OCH3 is 2. The first-order valence-corrected chi connectivity index (χ1v) is 11.8. The summed E-state index contributed by atoms with van der Waals surface area (Å²) in [5.74, 6) is 1.54. The summed E-state index contributed by atoms with van der Waals surface area (Å²) in [7, 11) is 3.25. The fourth-order valence-electron chi connectivity index (χ4n) is 4.83. The molecule has 34 heavy (non-hydrogen) atoms. The molecule has 2 amide bonds. The minimum Gasteiger partial charge on any atom is -0.497 e. The number of hydrogen-bond acceptors (Lipinski definition) is 4. The van der Waals surface area contributed by atoms with Crippen molar-refractivity contribution in [2.45, 2.75) is 44.1 Å². The van der Waals surface area contributed by atoms with Gasteiger partial charge in [0.15, 0.2) is 0 Å². The van der Waals surface area contributed by atoms with Gasteiger partial charge in [-0.2, -0.15) is 0 Å². The van der Waals surface area contributed by atoms with Crippen molar-refractivity contribution in [2.24, 2.45) is 0 Å². The van der Waals surface area contributed by atoms with E-state index < -0.39 is 5.54 Å². The molecule has 1 atom stereocenters. The van der Waals surface area contributed by atoms with Crippen LogP contribution < -0.4 is 20.1 Å². The molecule has 1 aliphatic heterocycles. The topological polar surface area (TPSA) is 76.7 Å². The van der Waals surface area contributed by atoms with Gasteiger partial charge < -0.3 is 20.1 Å². The predicted molar refractivity (Wildman–Crippen MR) is 133 cm³/mol. The van der Waals surface area contributed by atoms with Gasteiger partial charge in [0.2, 0.25) is 11.8 Å². The van der Waals surface area contributed by atoms with E-state index in [1.165, 1.54) is 16.3 Å². The Labute approximate surface area is 200 Å². The number of benzene rings is 3. The lowest BCUT2D eigenvalue weighted by Crippen LogP contribution is -2.44. The standard InChI is InChI=1S/C28H32N2O4/c1-33-23-11-10-21(25(18-23)34-2)14-17-29-26(31)12-15-28(16-13-27(32)30-28)19-22-8-5-7-20-6-3-4-9-24(20)22/h3-11,18H,12-17,19H2,1-2H3,(H,29,31)(H,30,32). The third kappa shape index (κ3) is 5.50. The number of hydrogen-bond donors (Lipinski definition) is 2. The smallest absolute Gasteiger partial charge is 0.220 e. The third-order valence-corrected chi connectivity index (χ3v) is 6.69. The Hall–Kier alpha value is -3.54. The second-order valence-electron chi connectivity index (χ2n) is 8.92. The normalized spacial score (nSPS) is 17.4. The van der Waals surface area contributed by atoms with Crippen LogP contribution in [-0.2, 0) is 22.4 Å². The van der Waals surface area contributed by atoms with Gasteiger partial charge in [0.25, 0.3) is 0 Å². The molecule has 6 heteroatoms. The van der Waals surface area contributed by atoms with Crippen LogP contribution in [0.4, 0.5) is 0 Å². The van der Waals surface area contributed by atoms with Crippen LogP contribution in [0.5, 0.6) is 11.5 Å². The van der Waals surface area contributed by atoms with Crippen LogP contribution in [0.25, 0.3) is 10.8 Å². The van der Waals surface area contributed by atoms with Crippen molar-refractivity contribution < 1.29 is 19.1 Å². The number of amides is 2. The quantitative estimate of drug-likeness (QED) is 0.476. The van der Waals surface area contributed by atoms with Gasteiger partial charge >= 0.3 is 0 Å². The van der Waals surface area contributed by atoms with Crippen LogP contribution in [-0.4, -0.2) is 38.1 Å². The third-order valence-electron chi connectivity index (χ3n) is 6.69. The summed E-state index contributed by atoms with van der Waals surface area (Å²) in [5.41, 5.74) is 1.82. The molecule has 1 heterocycles. The van der Waals surface area contributed by atoms with Crippen LogP contribution in [0.15, 0.2) is 60.7 Å². The molecule has 0 radical (unpaired) electrons. The Kier molecular flexibility index (Phi) is 7.36. The van der Waals surface area contributed by atoms with Gasteiger partial charge in [-0.15, -0.1) is 0 Å². The van der Waals surface area contributed by atoms with E-state index in [0.29, 0.717) is 32.2 Å². The highest BCUT2D eigenvalue weighted by molar-refractivity contribution is 5.86. The monoisotopic (exact) mass is 460 g/mol. The minimum atomic E-state index is -0.391. The fourth-order valence-corrected chi connectivity index (χ4v) is 4.83. The molecule has 1 fully saturated rings. The molecule has 1 saturated heterocycles. The first kappa shape index (κ1) is 23.6. The summed E-state index contributed by atoms with van der Waals surface area (Å²) in [6.45, 7) is 0.518. The zero-order valence-corrected chi connectivity index (χ0v) is 19.9. The largest absolute Gasteiger partial charge is 0.497 e. The van der Waals surface area contributed by atoms with E-state index >= 15 is 0 Å². The van der Waals surface area contributed by atoms with Crippen molar-refractivity contribution in [1.82, 2.24) is 10.6 Å². The van der Waals surface area contributed by atoms with Crippen molar-refractivity contribution >= 4 is 22.6 Å². The zero-order chi connectivity index (χ0) is 24.0. The Morgan fingerprint density at radius 2 is 1.85 bits per heavy atom. The summed E-state index contributed by atoms with van der Waals surface area (Å²) < 4.78 is 10.7. The van der Waals surface area contributed by atoms with Crippen LogP contribution >= 0.6 is 0 Å².